The van der Waals surface area contributed by atoms with Gasteiger partial charge in [-0.3, -0.25) is 9.59 Å². The van der Waals surface area contributed by atoms with Gasteiger partial charge in [0.15, 0.2) is 0 Å². The van der Waals surface area contributed by atoms with Crippen molar-refractivity contribution in [3.8, 4) is 6.07 Å². The summed E-state index contributed by atoms with van der Waals surface area (Å²) in [5.41, 5.74) is 2.71. The van der Waals surface area contributed by atoms with Gasteiger partial charge in [-0.1, -0.05) is 44.2 Å². The lowest BCUT2D eigenvalue weighted by atomic mass is 9.66. The molecule has 3 rings (SSSR count). The maximum absolute atomic E-state index is 12.4. The summed E-state index contributed by atoms with van der Waals surface area (Å²) in [6.07, 6.45) is 1.15. The largest absolute Gasteiger partial charge is 0.462 e. The molecule has 1 heterocycles. The third-order valence-corrected chi connectivity index (χ3v) is 6.15. The van der Waals surface area contributed by atoms with Gasteiger partial charge in [0.05, 0.1) is 12.7 Å². The van der Waals surface area contributed by atoms with Crippen LogP contribution in [0.5, 0.6) is 0 Å². The van der Waals surface area contributed by atoms with Crippen LogP contribution in [0.15, 0.2) is 35.1 Å². The fraction of sp³-hybridized carbons (Fsp3) is 0.458. The fourth-order valence-electron chi connectivity index (χ4n) is 3.97. The number of nitrogens with zero attached hydrogens (tertiary/aromatic N) is 1. The highest BCUT2D eigenvalue weighted by Crippen LogP contribution is 2.45. The van der Waals surface area contributed by atoms with Gasteiger partial charge < -0.3 is 14.5 Å². The summed E-state index contributed by atoms with van der Waals surface area (Å²) >= 11 is 0. The molecule has 1 N–H and O–H groups in total. The molecule has 6 nitrogen and oxygen atoms in total. The topological polar surface area (TPSA) is 92.2 Å². The maximum atomic E-state index is 12.4. The van der Waals surface area contributed by atoms with Gasteiger partial charge in [0, 0.05) is 24.0 Å². The molecule has 30 heavy (non-hydrogen) atoms. The van der Waals surface area contributed by atoms with E-state index in [2.05, 4.69) is 18.8 Å². The number of aryl methyl sites for hydroxylation is 1. The number of aromatic amines is 1. The van der Waals surface area contributed by atoms with Crippen LogP contribution in [0.2, 0.25) is 0 Å². The zero-order chi connectivity index (χ0) is 21.9. The van der Waals surface area contributed by atoms with Crippen molar-refractivity contribution < 1.29 is 14.3 Å². The SMILES string of the molecule is Cc1[nH]c(=O)c(C#N)c(C)c1CCC(=O)O[C@@H]1C[C@H](OCc2ccccc2)C1(C)C. The average molecular weight is 408 g/mol. The van der Waals surface area contributed by atoms with E-state index in [0.29, 0.717) is 30.7 Å². The molecule has 1 fully saturated rings. The smallest absolute Gasteiger partial charge is 0.306 e. The molecule has 1 aliphatic rings. The Morgan fingerprint density at radius 1 is 1.23 bits per heavy atom. The molecule has 0 unspecified atom stereocenters. The summed E-state index contributed by atoms with van der Waals surface area (Å²) in [5, 5.41) is 9.18. The highest BCUT2D eigenvalue weighted by molar-refractivity contribution is 5.70. The molecule has 0 radical (unpaired) electrons. The molecule has 0 bridgehead atoms. The predicted molar refractivity (Wildman–Crippen MR) is 113 cm³/mol. The van der Waals surface area contributed by atoms with Crippen LogP contribution < -0.4 is 5.56 Å². The first kappa shape index (κ1) is 21.8. The minimum atomic E-state index is -0.392. The maximum Gasteiger partial charge on any atom is 0.306 e. The van der Waals surface area contributed by atoms with Crippen molar-refractivity contribution in [2.75, 3.05) is 0 Å². The Bertz CT molecular complexity index is 1020. The Balaban J connectivity index is 1.53. The van der Waals surface area contributed by atoms with Gasteiger partial charge in [-0.2, -0.15) is 5.26 Å². The second-order valence-corrected chi connectivity index (χ2v) is 8.49. The molecular formula is C24H28N2O4. The normalized spacial score (nSPS) is 19.6. The Morgan fingerprint density at radius 2 is 1.93 bits per heavy atom. The summed E-state index contributed by atoms with van der Waals surface area (Å²) in [6, 6.07) is 11.9. The third kappa shape index (κ3) is 4.47. The van der Waals surface area contributed by atoms with Gasteiger partial charge in [0.2, 0.25) is 0 Å². The molecule has 1 aromatic heterocycles. The molecule has 1 aromatic carbocycles. The Labute approximate surface area is 176 Å². The van der Waals surface area contributed by atoms with Gasteiger partial charge in [0.1, 0.15) is 17.7 Å². The number of rotatable bonds is 7. The first-order chi connectivity index (χ1) is 14.2. The lowest BCUT2D eigenvalue weighted by Gasteiger charge is -2.50. The van der Waals surface area contributed by atoms with Crippen LogP contribution in [-0.2, 0) is 27.3 Å². The Morgan fingerprint density at radius 3 is 2.57 bits per heavy atom. The van der Waals surface area contributed by atoms with E-state index >= 15 is 0 Å². The average Bonchev–Trinajstić information content (AvgIpc) is 2.70. The summed E-state index contributed by atoms with van der Waals surface area (Å²) in [5.74, 6) is -0.280. The standard InChI is InChI=1S/C24H28N2O4/c1-15-18(16(2)26-23(28)19(15)13-25)10-11-22(27)30-21-12-20(24(21,3)4)29-14-17-8-6-5-7-9-17/h5-9,20-21H,10-12,14H2,1-4H3,(H,26,28)/t20-,21+/m0/s1. The molecular weight excluding hydrogens is 380 g/mol. The lowest BCUT2D eigenvalue weighted by molar-refractivity contribution is -0.206. The first-order valence-corrected chi connectivity index (χ1v) is 10.2. The Kier molecular flexibility index (Phi) is 6.42. The fourth-order valence-corrected chi connectivity index (χ4v) is 3.97. The molecule has 0 amide bonds. The number of pyridine rings is 1. The zero-order valence-corrected chi connectivity index (χ0v) is 18.0. The molecule has 2 aromatic rings. The number of hydrogen-bond donors (Lipinski definition) is 1. The predicted octanol–water partition coefficient (Wildman–Crippen LogP) is 3.72. The third-order valence-electron chi connectivity index (χ3n) is 6.15. The van der Waals surface area contributed by atoms with E-state index in [4.69, 9.17) is 9.47 Å². The van der Waals surface area contributed by atoms with Gasteiger partial charge in [-0.25, -0.2) is 0 Å². The van der Waals surface area contributed by atoms with Crippen molar-refractivity contribution in [3.63, 3.8) is 0 Å². The highest BCUT2D eigenvalue weighted by atomic mass is 16.6. The molecule has 0 spiro atoms. The molecule has 158 valence electrons. The molecule has 1 saturated carbocycles. The molecule has 0 aliphatic heterocycles. The van der Waals surface area contributed by atoms with E-state index in [1.807, 2.05) is 36.4 Å². The number of ether oxygens (including phenoxy) is 2. The van der Waals surface area contributed by atoms with Crippen LogP contribution in [0.25, 0.3) is 0 Å². The quantitative estimate of drug-likeness (QED) is 0.705. The number of nitriles is 1. The minimum absolute atomic E-state index is 0.0392. The monoisotopic (exact) mass is 408 g/mol. The summed E-state index contributed by atoms with van der Waals surface area (Å²) in [7, 11) is 0. The number of nitrogens with one attached hydrogen (secondary N) is 1. The summed E-state index contributed by atoms with van der Waals surface area (Å²) < 4.78 is 11.7. The second kappa shape index (κ2) is 8.85. The number of hydrogen-bond acceptors (Lipinski definition) is 5. The number of esters is 1. The number of carbonyl (C=O) groups excluding carboxylic acids is 1. The van der Waals surface area contributed by atoms with Crippen molar-refractivity contribution in [3.05, 3.63) is 68.6 Å². The van der Waals surface area contributed by atoms with Crippen molar-refractivity contribution in [1.82, 2.24) is 4.98 Å². The Hall–Kier alpha value is -2.91. The number of carbonyl (C=O) groups is 1. The summed E-state index contributed by atoms with van der Waals surface area (Å²) in [6.45, 7) is 8.17. The van der Waals surface area contributed by atoms with E-state index in [9.17, 15) is 14.9 Å². The van der Waals surface area contributed by atoms with E-state index in [-0.39, 0.29) is 35.6 Å². The number of H-pyrrole nitrogens is 1. The number of aromatic nitrogens is 1. The highest BCUT2D eigenvalue weighted by Gasteiger charge is 2.51. The van der Waals surface area contributed by atoms with Gasteiger partial charge in [-0.05, 0) is 37.0 Å². The van der Waals surface area contributed by atoms with Gasteiger partial charge in [-0.15, -0.1) is 0 Å². The van der Waals surface area contributed by atoms with Crippen LogP contribution in [0.4, 0.5) is 0 Å². The van der Waals surface area contributed by atoms with Crippen LogP contribution in [-0.4, -0.2) is 23.2 Å². The first-order valence-electron chi connectivity index (χ1n) is 10.2. The second-order valence-electron chi connectivity index (χ2n) is 8.49. The van der Waals surface area contributed by atoms with Gasteiger partial charge in [0.25, 0.3) is 5.56 Å². The zero-order valence-electron chi connectivity index (χ0n) is 18.0. The van der Waals surface area contributed by atoms with E-state index < -0.39 is 5.56 Å². The minimum Gasteiger partial charge on any atom is -0.462 e. The lowest BCUT2D eigenvalue weighted by Crippen LogP contribution is -2.56. The van der Waals surface area contributed by atoms with Crippen molar-refractivity contribution in [2.24, 2.45) is 5.41 Å². The van der Waals surface area contributed by atoms with E-state index in [1.54, 1.807) is 13.8 Å². The van der Waals surface area contributed by atoms with Crippen molar-refractivity contribution in [2.45, 2.75) is 65.8 Å². The van der Waals surface area contributed by atoms with Gasteiger partial charge >= 0.3 is 5.97 Å². The molecule has 0 saturated heterocycles. The number of benzene rings is 1. The van der Waals surface area contributed by atoms with E-state index in [1.165, 1.54) is 0 Å². The van der Waals surface area contributed by atoms with Crippen LogP contribution in [0.1, 0.15) is 54.6 Å². The molecule has 6 heteroatoms. The van der Waals surface area contributed by atoms with Crippen molar-refractivity contribution >= 4 is 5.97 Å². The van der Waals surface area contributed by atoms with Crippen LogP contribution >= 0.6 is 0 Å². The van der Waals surface area contributed by atoms with Crippen LogP contribution in [0.3, 0.4) is 0 Å². The van der Waals surface area contributed by atoms with Crippen molar-refractivity contribution in [1.29, 1.82) is 5.26 Å². The van der Waals surface area contributed by atoms with Crippen LogP contribution in [0, 0.1) is 30.6 Å². The molecule has 2 atom stereocenters. The summed E-state index contributed by atoms with van der Waals surface area (Å²) in [4.78, 5) is 27.0. The molecule has 1 aliphatic carbocycles. The van der Waals surface area contributed by atoms with E-state index in [0.717, 1.165) is 11.1 Å².